The van der Waals surface area contributed by atoms with Gasteiger partial charge in [0.15, 0.2) is 0 Å². The fourth-order valence-electron chi connectivity index (χ4n) is 0.760. The first-order valence-electron chi connectivity index (χ1n) is 4.78. The van der Waals surface area contributed by atoms with Crippen molar-refractivity contribution in [1.82, 2.24) is 9.44 Å². The van der Waals surface area contributed by atoms with Gasteiger partial charge in [0.2, 0.25) is 0 Å². The van der Waals surface area contributed by atoms with Crippen LogP contribution >= 0.6 is 12.2 Å². The largest absolute Gasteiger partial charge is 0.446 e. The van der Waals surface area contributed by atoms with Gasteiger partial charge in [-0.1, -0.05) is 12.2 Å². The highest BCUT2D eigenvalue weighted by atomic mass is 32.2. The predicted octanol–water partition coefficient (Wildman–Crippen LogP) is 0.0201. The highest BCUT2D eigenvalue weighted by Gasteiger charge is 2.29. The Labute approximate surface area is 106 Å². The molecule has 0 spiro atoms. The zero-order valence-corrected chi connectivity index (χ0v) is 11.7. The van der Waals surface area contributed by atoms with E-state index >= 15 is 0 Å². The molecule has 0 radical (unpaired) electrons. The fraction of sp³-hybridized carbons (Fsp3) is 0.750. The third-order valence-corrected chi connectivity index (χ3v) is 3.29. The van der Waals surface area contributed by atoms with E-state index < -0.39 is 27.9 Å². The van der Waals surface area contributed by atoms with Crippen LogP contribution in [0.15, 0.2) is 0 Å². The van der Waals surface area contributed by atoms with Crippen molar-refractivity contribution in [2.45, 2.75) is 39.3 Å². The summed E-state index contributed by atoms with van der Waals surface area (Å²) in [5, 5.41) is 0. The molecule has 0 atom stereocenters. The summed E-state index contributed by atoms with van der Waals surface area (Å²) >= 11 is 4.69. The van der Waals surface area contributed by atoms with Crippen LogP contribution in [0.4, 0.5) is 4.79 Å². The molecular weight excluding hydrogens is 266 g/mol. The molecule has 4 N–H and O–H groups in total. The number of nitrogens with two attached hydrogens (primary N) is 1. The highest BCUT2D eigenvalue weighted by Crippen LogP contribution is 2.04. The van der Waals surface area contributed by atoms with Gasteiger partial charge in [-0.15, -0.1) is 0 Å². The van der Waals surface area contributed by atoms with Crippen molar-refractivity contribution >= 4 is 33.5 Å². The number of rotatable bonds is 5. The minimum atomic E-state index is -4.07. The molecule has 0 saturated carbocycles. The Morgan fingerprint density at radius 1 is 1.41 bits per heavy atom. The third-order valence-electron chi connectivity index (χ3n) is 1.57. The summed E-state index contributed by atoms with van der Waals surface area (Å²) in [6, 6.07) is 0. The molecule has 0 fully saturated rings. The van der Waals surface area contributed by atoms with E-state index in [0.29, 0.717) is 0 Å². The van der Waals surface area contributed by atoms with Crippen LogP contribution in [0.25, 0.3) is 0 Å². The van der Waals surface area contributed by atoms with E-state index in [1.807, 2.05) is 0 Å². The van der Waals surface area contributed by atoms with Crippen molar-refractivity contribution in [3.8, 4) is 0 Å². The second-order valence-electron chi connectivity index (χ2n) is 4.15. The van der Waals surface area contributed by atoms with Crippen LogP contribution in [0.1, 0.15) is 27.7 Å². The van der Waals surface area contributed by atoms with Crippen LogP contribution in [0.3, 0.4) is 0 Å². The van der Waals surface area contributed by atoms with Gasteiger partial charge in [0.1, 0.15) is 0 Å². The standard InChI is InChI=1S/C8H17N3O4S2/c1-5(2)15-7(12)10-17(13,14)11-8(3,4)6(9)16/h5,11H,1-4H3,(H2,9,16)(H,10,12). The summed E-state index contributed by atoms with van der Waals surface area (Å²) in [5.74, 6) is 0. The van der Waals surface area contributed by atoms with Crippen molar-refractivity contribution in [2.24, 2.45) is 5.73 Å². The topological polar surface area (TPSA) is 111 Å². The van der Waals surface area contributed by atoms with E-state index in [2.05, 4.69) is 9.46 Å². The summed E-state index contributed by atoms with van der Waals surface area (Å²) < 4.78 is 31.4. The fourth-order valence-corrected chi connectivity index (χ4v) is 1.98. The van der Waals surface area contributed by atoms with Crippen LogP contribution in [0, 0.1) is 0 Å². The maximum Gasteiger partial charge on any atom is 0.422 e. The smallest absolute Gasteiger partial charge is 0.422 e. The van der Waals surface area contributed by atoms with Crippen LogP contribution < -0.4 is 15.2 Å². The molecule has 17 heavy (non-hydrogen) atoms. The van der Waals surface area contributed by atoms with Crippen molar-refractivity contribution in [3.05, 3.63) is 0 Å². The lowest BCUT2D eigenvalue weighted by Gasteiger charge is -2.24. The molecule has 0 heterocycles. The van der Waals surface area contributed by atoms with Gasteiger partial charge >= 0.3 is 16.3 Å². The molecule has 0 saturated heterocycles. The van der Waals surface area contributed by atoms with E-state index in [1.54, 1.807) is 18.6 Å². The number of carbonyl (C=O) groups is 1. The van der Waals surface area contributed by atoms with E-state index in [-0.39, 0.29) is 4.99 Å². The van der Waals surface area contributed by atoms with Crippen molar-refractivity contribution in [2.75, 3.05) is 0 Å². The zero-order chi connectivity index (χ0) is 13.9. The summed E-state index contributed by atoms with van der Waals surface area (Å²) in [5.41, 5.74) is 4.21. The van der Waals surface area contributed by atoms with Gasteiger partial charge < -0.3 is 10.5 Å². The lowest BCUT2D eigenvalue weighted by molar-refractivity contribution is 0.121. The van der Waals surface area contributed by atoms with Gasteiger partial charge in [-0.2, -0.15) is 13.1 Å². The van der Waals surface area contributed by atoms with Crippen molar-refractivity contribution < 1.29 is 17.9 Å². The van der Waals surface area contributed by atoms with Crippen LogP contribution in [-0.2, 0) is 14.9 Å². The first-order valence-corrected chi connectivity index (χ1v) is 6.67. The molecule has 9 heteroatoms. The molecule has 0 rings (SSSR count). The van der Waals surface area contributed by atoms with Crippen LogP contribution in [0.5, 0.6) is 0 Å². The monoisotopic (exact) mass is 283 g/mol. The first-order chi connectivity index (χ1) is 7.46. The Balaban J connectivity index is 4.62. The molecule has 0 aromatic rings. The Morgan fingerprint density at radius 2 is 1.88 bits per heavy atom. The maximum atomic E-state index is 11.5. The minimum Gasteiger partial charge on any atom is -0.446 e. The normalized spacial score (nSPS) is 12.3. The van der Waals surface area contributed by atoms with Crippen LogP contribution in [0.2, 0.25) is 0 Å². The Hall–Kier alpha value is -0.930. The molecule has 0 bridgehead atoms. The lowest BCUT2D eigenvalue weighted by Crippen LogP contribution is -2.56. The molecule has 1 amide bonds. The Bertz CT molecular complexity index is 403. The quantitative estimate of drug-likeness (QED) is 0.613. The number of hydrogen-bond donors (Lipinski definition) is 3. The van der Waals surface area contributed by atoms with Crippen LogP contribution in [-0.4, -0.2) is 31.1 Å². The van der Waals surface area contributed by atoms with Gasteiger partial charge in [0.05, 0.1) is 16.6 Å². The molecule has 0 aliphatic heterocycles. The Kier molecular flexibility index (Phi) is 5.30. The number of amides is 1. The number of thiocarbonyl (C=S) groups is 1. The molecular formula is C8H17N3O4S2. The SMILES string of the molecule is CC(C)OC(=O)NS(=O)(=O)NC(C)(C)C(N)=S. The summed E-state index contributed by atoms with van der Waals surface area (Å²) in [4.78, 5) is 11.1. The van der Waals surface area contributed by atoms with Gasteiger partial charge in [-0.25, -0.2) is 9.52 Å². The Morgan fingerprint density at radius 3 is 2.24 bits per heavy atom. The molecule has 0 aliphatic carbocycles. The average Bonchev–Trinajstić information content (AvgIpc) is 1.96. The summed E-state index contributed by atoms with van der Waals surface area (Å²) in [6.45, 7) is 6.14. The number of nitrogens with one attached hydrogen (secondary N) is 2. The van der Waals surface area contributed by atoms with E-state index in [9.17, 15) is 13.2 Å². The number of hydrogen-bond acceptors (Lipinski definition) is 5. The molecule has 0 aromatic carbocycles. The molecule has 0 aromatic heterocycles. The molecule has 0 aliphatic rings. The zero-order valence-electron chi connectivity index (χ0n) is 10.1. The maximum absolute atomic E-state index is 11.5. The van der Waals surface area contributed by atoms with Gasteiger partial charge in [-0.05, 0) is 27.7 Å². The second kappa shape index (κ2) is 5.61. The van der Waals surface area contributed by atoms with Crippen molar-refractivity contribution in [1.29, 1.82) is 0 Å². The lowest BCUT2D eigenvalue weighted by atomic mass is 10.1. The van der Waals surface area contributed by atoms with Gasteiger partial charge in [-0.3, -0.25) is 0 Å². The average molecular weight is 283 g/mol. The first kappa shape index (κ1) is 16.1. The molecule has 0 unspecified atom stereocenters. The van der Waals surface area contributed by atoms with Gasteiger partial charge in [0, 0.05) is 0 Å². The van der Waals surface area contributed by atoms with E-state index in [0.717, 1.165) is 0 Å². The summed E-state index contributed by atoms with van der Waals surface area (Å²) in [6.07, 6.45) is -1.49. The van der Waals surface area contributed by atoms with E-state index in [1.165, 1.54) is 13.8 Å². The number of carbonyl (C=O) groups excluding carboxylic acids is 1. The second-order valence-corrected chi connectivity index (χ2v) is 6.01. The van der Waals surface area contributed by atoms with E-state index in [4.69, 9.17) is 18.0 Å². The molecule has 7 nitrogen and oxygen atoms in total. The minimum absolute atomic E-state index is 0.0416. The predicted molar refractivity (Wildman–Crippen MR) is 67.7 cm³/mol. The van der Waals surface area contributed by atoms with Crippen molar-refractivity contribution in [3.63, 3.8) is 0 Å². The summed E-state index contributed by atoms with van der Waals surface area (Å²) in [7, 11) is -4.07. The third kappa shape index (κ3) is 6.39. The van der Waals surface area contributed by atoms with Gasteiger partial charge in [0.25, 0.3) is 0 Å². The number of ether oxygens (including phenoxy) is 1. The molecule has 100 valence electrons. The highest BCUT2D eigenvalue weighted by molar-refractivity contribution is 7.88.